The number of nitrogens with one attached hydrogen (secondary N) is 1. The van der Waals surface area contributed by atoms with Gasteiger partial charge in [0.25, 0.3) is 5.91 Å². The number of ether oxygens (including phenoxy) is 2. The molecule has 0 spiro atoms. The van der Waals surface area contributed by atoms with Crippen molar-refractivity contribution < 1.29 is 27.5 Å². The zero-order valence-electron chi connectivity index (χ0n) is 16.4. The van der Waals surface area contributed by atoms with Gasteiger partial charge in [-0.3, -0.25) is 9.59 Å². The Balaban J connectivity index is 1.53. The fourth-order valence-electron chi connectivity index (χ4n) is 3.27. The Kier molecular flexibility index (Phi) is 7.05. The van der Waals surface area contributed by atoms with Crippen LogP contribution in [0.25, 0.3) is 0 Å². The maximum atomic E-state index is 12.6. The van der Waals surface area contributed by atoms with Gasteiger partial charge < -0.3 is 14.8 Å². The maximum absolute atomic E-state index is 12.6. The summed E-state index contributed by atoms with van der Waals surface area (Å²) in [5.74, 6) is -0.695. The lowest BCUT2D eigenvalue weighted by Crippen LogP contribution is -2.40. The minimum Gasteiger partial charge on any atom is -0.453 e. The second-order valence-electron chi connectivity index (χ2n) is 7.13. The lowest BCUT2D eigenvalue weighted by Gasteiger charge is -2.26. The fourth-order valence-corrected chi connectivity index (χ4v) is 4.68. The molecule has 1 N–H and O–H groups in total. The van der Waals surface area contributed by atoms with Crippen LogP contribution in [0.15, 0.2) is 41.3 Å². The zero-order chi connectivity index (χ0) is 20.9. The number of rotatable bonds is 7. The molecule has 3 rings (SSSR count). The zero-order valence-corrected chi connectivity index (χ0v) is 17.2. The van der Waals surface area contributed by atoms with Crippen LogP contribution in [0.5, 0.6) is 0 Å². The summed E-state index contributed by atoms with van der Waals surface area (Å²) in [5, 5.41) is 2.64. The number of amides is 1. The Morgan fingerprint density at radius 2 is 1.93 bits per heavy atom. The molecule has 0 radical (unpaired) electrons. The highest BCUT2D eigenvalue weighted by Crippen LogP contribution is 2.22. The van der Waals surface area contributed by atoms with Crippen LogP contribution in [-0.4, -0.2) is 57.0 Å². The molecule has 1 heterocycles. The number of morpholine rings is 1. The monoisotopic (exact) mass is 422 g/mol. The van der Waals surface area contributed by atoms with E-state index in [9.17, 15) is 18.0 Å². The van der Waals surface area contributed by atoms with Gasteiger partial charge in [0.2, 0.25) is 10.0 Å². The van der Waals surface area contributed by atoms with Crippen molar-refractivity contribution in [1.82, 2.24) is 4.31 Å². The summed E-state index contributed by atoms with van der Waals surface area (Å²) in [6.45, 7) is 2.90. The van der Waals surface area contributed by atoms with Crippen LogP contribution >= 0.6 is 0 Å². The van der Waals surface area contributed by atoms with Gasteiger partial charge in [-0.05, 0) is 49.9 Å². The van der Waals surface area contributed by atoms with E-state index in [1.54, 1.807) is 0 Å². The van der Waals surface area contributed by atoms with Gasteiger partial charge in [-0.15, -0.1) is 0 Å². The van der Waals surface area contributed by atoms with E-state index in [0.29, 0.717) is 32.0 Å². The number of nitrogens with zero attached hydrogens (tertiary/aromatic N) is 1. The molecule has 1 saturated heterocycles. The van der Waals surface area contributed by atoms with Gasteiger partial charge in [0, 0.05) is 18.8 Å². The third-order valence-corrected chi connectivity index (χ3v) is 6.86. The molecule has 0 bridgehead atoms. The highest BCUT2D eigenvalue weighted by Gasteiger charge is 2.26. The van der Waals surface area contributed by atoms with Crippen LogP contribution in [0.4, 0.5) is 5.69 Å². The van der Waals surface area contributed by atoms with Crippen LogP contribution in [0.1, 0.15) is 26.2 Å². The molecule has 29 heavy (non-hydrogen) atoms. The molecule has 1 aromatic carbocycles. The number of carbonyl (C=O) groups is 2. The molecule has 1 aliphatic heterocycles. The SMILES string of the molecule is C[C@@H](OC(=O)C[C@@H]1C=CCC1)C(=O)Nc1ccc(S(=O)(=O)N2CCOCC2)cc1. The van der Waals surface area contributed by atoms with Crippen molar-refractivity contribution in [3.05, 3.63) is 36.4 Å². The number of hydrogen-bond donors (Lipinski definition) is 1. The molecule has 1 fully saturated rings. The molecular formula is C20H26N2O6S. The van der Waals surface area contributed by atoms with E-state index < -0.39 is 28.0 Å². The average molecular weight is 423 g/mol. The van der Waals surface area contributed by atoms with E-state index in [1.807, 2.05) is 12.2 Å². The Labute approximate surface area is 170 Å². The average Bonchev–Trinajstić information content (AvgIpc) is 3.22. The van der Waals surface area contributed by atoms with Gasteiger partial charge in [0.15, 0.2) is 6.10 Å². The van der Waals surface area contributed by atoms with Crippen molar-refractivity contribution >= 4 is 27.6 Å². The summed E-state index contributed by atoms with van der Waals surface area (Å²) in [5.41, 5.74) is 0.428. The summed E-state index contributed by atoms with van der Waals surface area (Å²) in [6.07, 6.45) is 5.25. The molecule has 0 aromatic heterocycles. The lowest BCUT2D eigenvalue weighted by molar-refractivity contribution is -0.153. The molecular weight excluding hydrogens is 396 g/mol. The topological polar surface area (TPSA) is 102 Å². The normalized spacial score (nSPS) is 20.9. The van der Waals surface area contributed by atoms with Gasteiger partial charge in [-0.25, -0.2) is 8.42 Å². The van der Waals surface area contributed by atoms with Crippen LogP contribution in [0.2, 0.25) is 0 Å². The first kappa shape index (κ1) is 21.5. The molecule has 0 saturated carbocycles. The number of sulfonamides is 1. The molecule has 2 atom stereocenters. The van der Waals surface area contributed by atoms with Crippen molar-refractivity contribution in [3.63, 3.8) is 0 Å². The minimum atomic E-state index is -3.59. The minimum absolute atomic E-state index is 0.154. The van der Waals surface area contributed by atoms with Gasteiger partial charge in [-0.1, -0.05) is 12.2 Å². The van der Waals surface area contributed by atoms with E-state index in [-0.39, 0.29) is 17.2 Å². The molecule has 1 aliphatic carbocycles. The first-order valence-corrected chi connectivity index (χ1v) is 11.2. The summed E-state index contributed by atoms with van der Waals surface area (Å²) in [7, 11) is -3.59. The van der Waals surface area contributed by atoms with Crippen molar-refractivity contribution in [2.24, 2.45) is 5.92 Å². The van der Waals surface area contributed by atoms with Gasteiger partial charge in [-0.2, -0.15) is 4.31 Å². The van der Waals surface area contributed by atoms with Crippen molar-refractivity contribution in [2.45, 2.75) is 37.2 Å². The van der Waals surface area contributed by atoms with Gasteiger partial charge in [0.05, 0.1) is 24.5 Å². The van der Waals surface area contributed by atoms with Crippen molar-refractivity contribution in [3.8, 4) is 0 Å². The predicted octanol–water partition coefficient (Wildman–Crippen LogP) is 1.93. The third-order valence-electron chi connectivity index (χ3n) is 4.95. The number of carbonyl (C=O) groups excluding carboxylic acids is 2. The standard InChI is InChI=1S/C20H26N2O6S/c1-15(28-19(23)14-16-4-2-3-5-16)20(24)21-17-6-8-18(9-7-17)29(25,26)22-10-12-27-13-11-22/h2,4,6-9,15-16H,3,5,10-14H2,1H3,(H,21,24)/t15-,16-/m1/s1. The lowest BCUT2D eigenvalue weighted by atomic mass is 10.1. The summed E-state index contributed by atoms with van der Waals surface area (Å²) >= 11 is 0. The Hall–Kier alpha value is -2.23. The van der Waals surface area contributed by atoms with Crippen LogP contribution in [-0.2, 0) is 29.1 Å². The number of esters is 1. The largest absolute Gasteiger partial charge is 0.453 e. The highest BCUT2D eigenvalue weighted by molar-refractivity contribution is 7.89. The van der Waals surface area contributed by atoms with Crippen LogP contribution in [0, 0.1) is 5.92 Å². The van der Waals surface area contributed by atoms with Gasteiger partial charge >= 0.3 is 5.97 Å². The molecule has 9 heteroatoms. The van der Waals surface area contributed by atoms with E-state index in [1.165, 1.54) is 35.5 Å². The molecule has 1 amide bonds. The molecule has 2 aliphatic rings. The maximum Gasteiger partial charge on any atom is 0.307 e. The quantitative estimate of drug-likeness (QED) is 0.532. The van der Waals surface area contributed by atoms with Crippen molar-refractivity contribution in [1.29, 1.82) is 0 Å². The summed E-state index contributed by atoms with van der Waals surface area (Å²) < 4.78 is 37.0. The smallest absolute Gasteiger partial charge is 0.307 e. The Morgan fingerprint density at radius 3 is 2.55 bits per heavy atom. The predicted molar refractivity (Wildman–Crippen MR) is 107 cm³/mol. The molecule has 0 unspecified atom stereocenters. The fraction of sp³-hybridized carbons (Fsp3) is 0.500. The van der Waals surface area contributed by atoms with Crippen LogP contribution in [0.3, 0.4) is 0 Å². The van der Waals surface area contributed by atoms with E-state index in [4.69, 9.17) is 9.47 Å². The second-order valence-corrected chi connectivity index (χ2v) is 9.07. The number of allylic oxidation sites excluding steroid dienone is 2. The molecule has 8 nitrogen and oxygen atoms in total. The van der Waals surface area contributed by atoms with E-state index in [0.717, 1.165) is 12.8 Å². The molecule has 158 valence electrons. The summed E-state index contributed by atoms with van der Waals surface area (Å²) in [6, 6.07) is 5.93. The van der Waals surface area contributed by atoms with Gasteiger partial charge in [0.1, 0.15) is 0 Å². The van der Waals surface area contributed by atoms with E-state index in [2.05, 4.69) is 5.32 Å². The first-order chi connectivity index (χ1) is 13.9. The number of hydrogen-bond acceptors (Lipinski definition) is 6. The third kappa shape index (κ3) is 5.65. The van der Waals surface area contributed by atoms with Crippen LogP contribution < -0.4 is 5.32 Å². The Morgan fingerprint density at radius 1 is 1.24 bits per heavy atom. The number of benzene rings is 1. The van der Waals surface area contributed by atoms with Crippen molar-refractivity contribution in [2.75, 3.05) is 31.6 Å². The number of anilines is 1. The summed E-state index contributed by atoms with van der Waals surface area (Å²) in [4.78, 5) is 24.4. The first-order valence-electron chi connectivity index (χ1n) is 9.71. The molecule has 1 aromatic rings. The van der Waals surface area contributed by atoms with E-state index >= 15 is 0 Å². The second kappa shape index (κ2) is 9.51. The Bertz CT molecular complexity index is 859. The highest BCUT2D eigenvalue weighted by atomic mass is 32.2.